The van der Waals surface area contributed by atoms with Gasteiger partial charge in [-0.15, -0.1) is 10.2 Å². The number of pyridine rings is 1. The predicted molar refractivity (Wildman–Crippen MR) is 157 cm³/mol. The highest BCUT2D eigenvalue weighted by molar-refractivity contribution is 5.75. The maximum atomic E-state index is 10.0. The molecule has 0 radical (unpaired) electrons. The third-order valence-electron chi connectivity index (χ3n) is 6.72. The third kappa shape index (κ3) is 9.71. The first-order valence-corrected chi connectivity index (χ1v) is 14.0. The van der Waals surface area contributed by atoms with Gasteiger partial charge in [0.1, 0.15) is 5.78 Å². The van der Waals surface area contributed by atoms with E-state index >= 15 is 0 Å². The number of ketones is 1. The SMILES string of the molecule is CCCC(C)=O.CCCc1c(N2CCNC3(CC3)C2)ccnc1C.CCc1cc(/C=C(/C)N)nnc1OC. The summed E-state index contributed by atoms with van der Waals surface area (Å²) in [5.41, 5.74) is 12.6. The van der Waals surface area contributed by atoms with Crippen LogP contribution in [0.5, 0.6) is 5.88 Å². The lowest BCUT2D eigenvalue weighted by Crippen LogP contribution is -2.52. The fraction of sp³-hybridized carbons (Fsp3) is 0.600. The molecule has 0 unspecified atom stereocenters. The van der Waals surface area contributed by atoms with Crippen LogP contribution >= 0.6 is 0 Å². The van der Waals surface area contributed by atoms with Crippen molar-refractivity contribution in [2.24, 2.45) is 5.73 Å². The molecule has 2 aliphatic rings. The molecule has 0 bridgehead atoms. The fourth-order valence-electron chi connectivity index (χ4n) is 4.60. The minimum Gasteiger partial charge on any atom is -0.480 e. The molecule has 2 aromatic rings. The molecule has 1 saturated heterocycles. The van der Waals surface area contributed by atoms with Crippen molar-refractivity contribution in [1.29, 1.82) is 0 Å². The molecule has 1 spiro atoms. The number of hydrogen-bond acceptors (Lipinski definition) is 8. The van der Waals surface area contributed by atoms with Gasteiger partial charge in [-0.25, -0.2) is 0 Å². The van der Waals surface area contributed by atoms with E-state index in [-0.39, 0.29) is 5.78 Å². The lowest BCUT2D eigenvalue weighted by atomic mass is 10.0. The van der Waals surface area contributed by atoms with Gasteiger partial charge < -0.3 is 25.5 Å². The van der Waals surface area contributed by atoms with E-state index in [4.69, 9.17) is 10.5 Å². The predicted octanol–water partition coefficient (Wildman–Crippen LogP) is 5.03. The van der Waals surface area contributed by atoms with Gasteiger partial charge in [0, 0.05) is 60.4 Å². The normalized spacial score (nSPS) is 15.7. The van der Waals surface area contributed by atoms with Crippen molar-refractivity contribution in [2.75, 3.05) is 31.6 Å². The fourth-order valence-corrected chi connectivity index (χ4v) is 4.60. The number of rotatable bonds is 8. The van der Waals surface area contributed by atoms with Gasteiger partial charge in [-0.2, -0.15) is 0 Å². The van der Waals surface area contributed by atoms with Gasteiger partial charge in [0.25, 0.3) is 0 Å². The van der Waals surface area contributed by atoms with Crippen LogP contribution in [0.25, 0.3) is 6.08 Å². The third-order valence-corrected chi connectivity index (χ3v) is 6.72. The summed E-state index contributed by atoms with van der Waals surface area (Å²) in [7, 11) is 1.59. The average Bonchev–Trinajstić information content (AvgIpc) is 3.63. The Labute approximate surface area is 229 Å². The number of anilines is 1. The van der Waals surface area contributed by atoms with Crippen molar-refractivity contribution in [3.05, 3.63) is 46.5 Å². The second-order valence-corrected chi connectivity index (χ2v) is 10.3. The summed E-state index contributed by atoms with van der Waals surface area (Å²) in [6.45, 7) is 15.3. The van der Waals surface area contributed by atoms with Crippen molar-refractivity contribution < 1.29 is 9.53 Å². The van der Waals surface area contributed by atoms with Crippen LogP contribution in [0.1, 0.15) is 89.2 Å². The Bertz CT molecular complexity index is 1060. The van der Waals surface area contributed by atoms with Crippen LogP contribution in [0.4, 0.5) is 5.69 Å². The van der Waals surface area contributed by atoms with Crippen LogP contribution in [-0.2, 0) is 17.6 Å². The zero-order valence-corrected chi connectivity index (χ0v) is 24.6. The van der Waals surface area contributed by atoms with Crippen molar-refractivity contribution in [3.8, 4) is 5.88 Å². The number of methoxy groups -OCH3 is 1. The molecule has 38 heavy (non-hydrogen) atoms. The second kappa shape index (κ2) is 15.4. The lowest BCUT2D eigenvalue weighted by molar-refractivity contribution is -0.117. The lowest BCUT2D eigenvalue weighted by Gasteiger charge is -2.37. The molecule has 1 aliphatic carbocycles. The summed E-state index contributed by atoms with van der Waals surface area (Å²) < 4.78 is 5.07. The maximum absolute atomic E-state index is 10.0. The first kappa shape index (κ1) is 31.2. The second-order valence-electron chi connectivity index (χ2n) is 10.3. The Morgan fingerprint density at radius 1 is 1.21 bits per heavy atom. The molecule has 3 N–H and O–H groups in total. The molecule has 1 saturated carbocycles. The van der Waals surface area contributed by atoms with Crippen molar-refractivity contribution in [2.45, 2.75) is 92.0 Å². The molecule has 8 nitrogen and oxygen atoms in total. The number of allylic oxidation sites excluding steroid dienone is 1. The molecular formula is C30H48N6O2. The molecule has 8 heteroatoms. The number of ether oxygens (including phenoxy) is 1. The number of aryl methyl sites for hydroxylation is 2. The van der Waals surface area contributed by atoms with E-state index in [2.05, 4.69) is 45.3 Å². The Balaban J connectivity index is 0.000000226. The number of Topliss-reactive ketones (excluding diaryl/α,β-unsaturated/α-hetero) is 1. The van der Waals surface area contributed by atoms with Gasteiger partial charge in [-0.05, 0) is 76.6 Å². The van der Waals surface area contributed by atoms with Gasteiger partial charge in [-0.1, -0.05) is 27.2 Å². The van der Waals surface area contributed by atoms with E-state index in [0.29, 0.717) is 17.1 Å². The van der Waals surface area contributed by atoms with E-state index in [0.717, 1.165) is 50.0 Å². The summed E-state index contributed by atoms with van der Waals surface area (Å²) in [6.07, 6.45) is 11.4. The molecule has 3 heterocycles. The minimum absolute atomic E-state index is 0.289. The molecule has 2 fully saturated rings. The first-order chi connectivity index (χ1) is 18.2. The Hall–Kier alpha value is -3.00. The van der Waals surface area contributed by atoms with Crippen LogP contribution in [0.3, 0.4) is 0 Å². The largest absolute Gasteiger partial charge is 0.480 e. The maximum Gasteiger partial charge on any atom is 0.236 e. The number of nitrogens with one attached hydrogen (secondary N) is 1. The van der Waals surface area contributed by atoms with Crippen LogP contribution in [0, 0.1) is 6.92 Å². The van der Waals surface area contributed by atoms with E-state index < -0.39 is 0 Å². The van der Waals surface area contributed by atoms with E-state index in [9.17, 15) is 4.79 Å². The number of nitrogens with two attached hydrogens (primary N) is 1. The Morgan fingerprint density at radius 2 is 1.95 bits per heavy atom. The smallest absolute Gasteiger partial charge is 0.236 e. The highest BCUT2D eigenvalue weighted by Crippen LogP contribution is 2.39. The van der Waals surface area contributed by atoms with Gasteiger partial charge in [0.05, 0.1) is 12.8 Å². The van der Waals surface area contributed by atoms with Crippen LogP contribution in [-0.4, -0.2) is 53.2 Å². The molecule has 1 aliphatic heterocycles. The standard InChI is InChI=1S/C15H23N3.C10H15N3O.C5H10O/c1-3-4-13-12(2)16-8-5-14(13)18-10-9-17-15(11-18)6-7-15;1-4-8-6-9(5-7(2)11)12-13-10(8)14-3;1-3-4-5(2)6/h5,8,17H,3-4,6-7,9-11H2,1-2H3;5-6H,4,11H2,1-3H3;3-4H2,1-2H3/b;7-5-;. The summed E-state index contributed by atoms with van der Waals surface area (Å²) in [5.74, 6) is 0.872. The van der Waals surface area contributed by atoms with Gasteiger partial charge >= 0.3 is 0 Å². The summed E-state index contributed by atoms with van der Waals surface area (Å²) in [5, 5.41) is 11.6. The Kier molecular flexibility index (Phi) is 12.7. The monoisotopic (exact) mass is 524 g/mol. The average molecular weight is 525 g/mol. The zero-order chi connectivity index (χ0) is 28.1. The highest BCUT2D eigenvalue weighted by atomic mass is 16.5. The van der Waals surface area contributed by atoms with E-state index in [1.165, 1.54) is 42.8 Å². The minimum atomic E-state index is 0.289. The number of hydrogen-bond donors (Lipinski definition) is 2. The van der Waals surface area contributed by atoms with Crippen LogP contribution in [0.2, 0.25) is 0 Å². The van der Waals surface area contributed by atoms with Gasteiger partial charge in [-0.3, -0.25) is 4.98 Å². The van der Waals surface area contributed by atoms with Gasteiger partial charge in [0.2, 0.25) is 5.88 Å². The zero-order valence-electron chi connectivity index (χ0n) is 24.6. The Morgan fingerprint density at radius 3 is 2.47 bits per heavy atom. The summed E-state index contributed by atoms with van der Waals surface area (Å²) in [4.78, 5) is 17.1. The van der Waals surface area contributed by atoms with Crippen LogP contribution in [0.15, 0.2) is 24.0 Å². The van der Waals surface area contributed by atoms with Crippen molar-refractivity contribution in [3.63, 3.8) is 0 Å². The quantitative estimate of drug-likeness (QED) is 0.495. The summed E-state index contributed by atoms with van der Waals surface area (Å²) >= 11 is 0. The first-order valence-electron chi connectivity index (χ1n) is 14.0. The van der Waals surface area contributed by atoms with E-state index in [1.807, 2.05) is 33.0 Å². The number of carbonyl (C=O) groups is 1. The number of piperazine rings is 1. The van der Waals surface area contributed by atoms with Crippen molar-refractivity contribution >= 4 is 17.5 Å². The highest BCUT2D eigenvalue weighted by Gasteiger charge is 2.45. The number of carbonyl (C=O) groups excluding carboxylic acids is 1. The molecule has 210 valence electrons. The topological polar surface area (TPSA) is 106 Å². The molecule has 2 aromatic heterocycles. The molecule has 4 rings (SSSR count). The molecular weight excluding hydrogens is 476 g/mol. The number of nitrogens with zero attached hydrogens (tertiary/aromatic N) is 4. The van der Waals surface area contributed by atoms with E-state index in [1.54, 1.807) is 20.1 Å². The molecule has 0 atom stereocenters. The molecule has 0 aromatic carbocycles. The number of aromatic nitrogens is 3. The van der Waals surface area contributed by atoms with Crippen molar-refractivity contribution in [1.82, 2.24) is 20.5 Å². The van der Waals surface area contributed by atoms with Crippen LogP contribution < -0.4 is 20.7 Å². The molecule has 0 amide bonds. The van der Waals surface area contributed by atoms with Gasteiger partial charge in [0.15, 0.2) is 0 Å². The summed E-state index contributed by atoms with van der Waals surface area (Å²) in [6, 6.07) is 4.14.